The third-order valence-electron chi connectivity index (χ3n) is 3.52. The molecule has 0 aromatic heterocycles. The van der Waals surface area contributed by atoms with Crippen molar-refractivity contribution in [1.29, 1.82) is 0 Å². The summed E-state index contributed by atoms with van der Waals surface area (Å²) in [6.07, 6.45) is -0.422. The molecule has 0 aliphatic heterocycles. The molecule has 142 valence electrons. The zero-order valence-corrected chi connectivity index (χ0v) is 16.1. The lowest BCUT2D eigenvalue weighted by molar-refractivity contribution is -0.148. The van der Waals surface area contributed by atoms with Crippen LogP contribution in [0.1, 0.15) is 22.3 Å². The Morgan fingerprint density at radius 3 is 2.15 bits per heavy atom. The van der Waals surface area contributed by atoms with Crippen LogP contribution in [0.3, 0.4) is 0 Å². The number of rotatable bonds is 7. The molecular weight excluding hydrogens is 415 g/mol. The molecule has 0 aliphatic carbocycles. The predicted octanol–water partition coefficient (Wildman–Crippen LogP) is 3.36. The lowest BCUT2D eigenvalue weighted by atomic mass is 10.1. The highest BCUT2D eigenvalue weighted by molar-refractivity contribution is 6.36. The van der Waals surface area contributed by atoms with Crippen molar-refractivity contribution in [2.75, 3.05) is 0 Å². The monoisotopic (exact) mass is 428 g/mol. The molecule has 0 radical (unpaired) electrons. The topological polar surface area (TPSA) is 98.5 Å². The number of carbonyl (C=O) groups excluding carboxylic acids is 3. The van der Waals surface area contributed by atoms with Gasteiger partial charge in [-0.05, 0) is 36.4 Å². The maximum absolute atomic E-state index is 12.3. The van der Waals surface area contributed by atoms with Crippen molar-refractivity contribution >= 4 is 52.6 Å². The summed E-state index contributed by atoms with van der Waals surface area (Å²) < 4.78 is 5.16. The maximum atomic E-state index is 12.3. The molecular formula is C18H15Cl3N2O4. The summed E-state index contributed by atoms with van der Waals surface area (Å²) in [7, 11) is 0. The first kappa shape index (κ1) is 21.0. The largest absolute Gasteiger partial charge is 0.459 e. The standard InChI is InChI=1S/C18H15Cl3N2O4/c19-11-6-4-10(5-7-11)17(25)23-15(8-16(22)24)18(26)27-9-12-13(20)2-1-3-14(12)21/h1-7,15H,8-9H2,(H2,22,24)(H,23,25)/t15-/m0/s1. The molecule has 3 N–H and O–H groups in total. The Morgan fingerprint density at radius 1 is 1.00 bits per heavy atom. The fourth-order valence-corrected chi connectivity index (χ4v) is 2.78. The third-order valence-corrected chi connectivity index (χ3v) is 4.48. The molecule has 2 amide bonds. The van der Waals surface area contributed by atoms with Crippen LogP contribution in [-0.4, -0.2) is 23.8 Å². The second-order valence-corrected chi connectivity index (χ2v) is 6.76. The lowest BCUT2D eigenvalue weighted by Crippen LogP contribution is -2.44. The van der Waals surface area contributed by atoms with E-state index in [0.717, 1.165) is 0 Å². The molecule has 0 bridgehead atoms. The van der Waals surface area contributed by atoms with Gasteiger partial charge >= 0.3 is 5.97 Å². The molecule has 9 heteroatoms. The predicted molar refractivity (Wildman–Crippen MR) is 103 cm³/mol. The van der Waals surface area contributed by atoms with E-state index in [1.807, 2.05) is 0 Å². The minimum Gasteiger partial charge on any atom is -0.459 e. The van der Waals surface area contributed by atoms with E-state index >= 15 is 0 Å². The van der Waals surface area contributed by atoms with Crippen LogP contribution in [0.2, 0.25) is 15.1 Å². The number of carbonyl (C=O) groups is 3. The Labute approximate surface area is 170 Å². The van der Waals surface area contributed by atoms with Gasteiger partial charge in [-0.25, -0.2) is 4.79 Å². The minimum absolute atomic E-state index is 0.219. The van der Waals surface area contributed by atoms with Gasteiger partial charge in [0.1, 0.15) is 12.6 Å². The van der Waals surface area contributed by atoms with Gasteiger partial charge in [0, 0.05) is 26.2 Å². The average Bonchev–Trinajstić information content (AvgIpc) is 2.60. The number of amides is 2. The number of nitrogens with one attached hydrogen (secondary N) is 1. The van der Waals surface area contributed by atoms with Crippen LogP contribution in [0.15, 0.2) is 42.5 Å². The van der Waals surface area contributed by atoms with Crippen molar-refractivity contribution < 1.29 is 19.1 Å². The molecule has 0 saturated heterocycles. The second-order valence-electron chi connectivity index (χ2n) is 5.51. The maximum Gasteiger partial charge on any atom is 0.329 e. The third kappa shape index (κ3) is 6.13. The number of hydrogen-bond acceptors (Lipinski definition) is 4. The highest BCUT2D eigenvalue weighted by Gasteiger charge is 2.25. The van der Waals surface area contributed by atoms with E-state index in [0.29, 0.717) is 20.6 Å². The fourth-order valence-electron chi connectivity index (χ4n) is 2.15. The van der Waals surface area contributed by atoms with Gasteiger partial charge in [0.25, 0.3) is 5.91 Å². The van der Waals surface area contributed by atoms with Gasteiger partial charge < -0.3 is 15.8 Å². The Morgan fingerprint density at radius 2 is 1.59 bits per heavy atom. The number of esters is 1. The van der Waals surface area contributed by atoms with Crippen LogP contribution >= 0.6 is 34.8 Å². The Kier molecular flexibility index (Phi) is 7.47. The summed E-state index contributed by atoms with van der Waals surface area (Å²) in [6, 6.07) is 9.60. The number of primary amides is 1. The van der Waals surface area contributed by atoms with E-state index in [-0.39, 0.29) is 12.2 Å². The van der Waals surface area contributed by atoms with Gasteiger partial charge in [0.05, 0.1) is 6.42 Å². The Balaban J connectivity index is 2.08. The molecule has 2 aromatic rings. The highest BCUT2D eigenvalue weighted by atomic mass is 35.5. The number of benzene rings is 2. The van der Waals surface area contributed by atoms with Crippen LogP contribution < -0.4 is 11.1 Å². The average molecular weight is 430 g/mol. The van der Waals surface area contributed by atoms with E-state index in [1.54, 1.807) is 18.2 Å². The molecule has 0 spiro atoms. The van der Waals surface area contributed by atoms with Crippen LogP contribution in [0.5, 0.6) is 0 Å². The van der Waals surface area contributed by atoms with E-state index in [1.165, 1.54) is 24.3 Å². The van der Waals surface area contributed by atoms with Crippen molar-refractivity contribution in [1.82, 2.24) is 5.32 Å². The quantitative estimate of drug-likeness (QED) is 0.659. The molecule has 0 heterocycles. The Bertz CT molecular complexity index is 836. The molecule has 6 nitrogen and oxygen atoms in total. The summed E-state index contributed by atoms with van der Waals surface area (Å²) in [5.74, 6) is -2.19. The SMILES string of the molecule is NC(=O)C[C@H](NC(=O)c1ccc(Cl)cc1)C(=O)OCc1c(Cl)cccc1Cl. The zero-order valence-electron chi connectivity index (χ0n) is 13.9. The molecule has 27 heavy (non-hydrogen) atoms. The molecule has 2 aromatic carbocycles. The second kappa shape index (κ2) is 9.60. The van der Waals surface area contributed by atoms with E-state index in [2.05, 4.69) is 5.32 Å². The van der Waals surface area contributed by atoms with Crippen LogP contribution in [0.25, 0.3) is 0 Å². The molecule has 0 unspecified atom stereocenters. The van der Waals surface area contributed by atoms with Crippen molar-refractivity contribution in [3.63, 3.8) is 0 Å². The molecule has 0 saturated carbocycles. The number of hydrogen-bond donors (Lipinski definition) is 2. The minimum atomic E-state index is -1.26. The van der Waals surface area contributed by atoms with Gasteiger partial charge in [0.15, 0.2) is 0 Å². The van der Waals surface area contributed by atoms with Crippen LogP contribution in [-0.2, 0) is 20.9 Å². The smallest absolute Gasteiger partial charge is 0.329 e. The van der Waals surface area contributed by atoms with Crippen molar-refractivity contribution in [2.45, 2.75) is 19.1 Å². The lowest BCUT2D eigenvalue weighted by Gasteiger charge is -2.17. The summed E-state index contributed by atoms with van der Waals surface area (Å²) >= 11 is 17.8. The first-order valence-corrected chi connectivity index (χ1v) is 8.85. The number of ether oxygens (including phenoxy) is 1. The molecule has 0 fully saturated rings. The summed E-state index contributed by atoms with van der Waals surface area (Å²) in [5.41, 5.74) is 5.84. The molecule has 2 rings (SSSR count). The van der Waals surface area contributed by atoms with Gasteiger partial charge in [0.2, 0.25) is 5.91 Å². The van der Waals surface area contributed by atoms with Crippen LogP contribution in [0.4, 0.5) is 0 Å². The summed E-state index contributed by atoms with van der Waals surface area (Å²) in [5, 5.41) is 3.53. The first-order valence-electron chi connectivity index (χ1n) is 7.72. The van der Waals surface area contributed by atoms with Crippen molar-refractivity contribution in [3.05, 3.63) is 68.7 Å². The van der Waals surface area contributed by atoms with E-state index in [4.69, 9.17) is 45.3 Å². The summed E-state index contributed by atoms with van der Waals surface area (Å²) in [4.78, 5) is 35.9. The number of halogens is 3. The normalized spacial score (nSPS) is 11.5. The van der Waals surface area contributed by atoms with Gasteiger partial charge in [-0.1, -0.05) is 40.9 Å². The zero-order chi connectivity index (χ0) is 20.0. The fraction of sp³-hybridized carbons (Fsp3) is 0.167. The molecule has 1 atom stereocenters. The van der Waals surface area contributed by atoms with E-state index < -0.39 is 30.2 Å². The highest BCUT2D eigenvalue weighted by Crippen LogP contribution is 2.25. The first-order chi connectivity index (χ1) is 12.8. The van der Waals surface area contributed by atoms with Gasteiger partial charge in [-0.2, -0.15) is 0 Å². The molecule has 0 aliphatic rings. The van der Waals surface area contributed by atoms with E-state index in [9.17, 15) is 14.4 Å². The Hall–Kier alpha value is -2.28. The van der Waals surface area contributed by atoms with Crippen molar-refractivity contribution in [3.8, 4) is 0 Å². The van der Waals surface area contributed by atoms with Gasteiger partial charge in [-0.15, -0.1) is 0 Å². The van der Waals surface area contributed by atoms with Crippen molar-refractivity contribution in [2.24, 2.45) is 5.73 Å². The summed E-state index contributed by atoms with van der Waals surface area (Å²) in [6.45, 7) is -0.219. The number of nitrogens with two attached hydrogens (primary N) is 1. The van der Waals surface area contributed by atoms with Gasteiger partial charge in [-0.3, -0.25) is 9.59 Å². The van der Waals surface area contributed by atoms with Crippen LogP contribution in [0, 0.1) is 0 Å².